The third kappa shape index (κ3) is 6.86. The first-order valence-electron chi connectivity index (χ1n) is 10.4. The summed E-state index contributed by atoms with van der Waals surface area (Å²) < 4.78 is 28.3. The summed E-state index contributed by atoms with van der Waals surface area (Å²) >= 11 is 0. The van der Waals surface area contributed by atoms with E-state index >= 15 is 0 Å². The van der Waals surface area contributed by atoms with Crippen molar-refractivity contribution in [2.75, 3.05) is 6.61 Å². The van der Waals surface area contributed by atoms with E-state index in [0.29, 0.717) is 0 Å². The lowest BCUT2D eigenvalue weighted by atomic mass is 9.98. The number of aliphatic hydroxyl groups is 1. The minimum Gasteiger partial charge on any atom is -0.463 e. The van der Waals surface area contributed by atoms with Crippen LogP contribution in [-0.4, -0.2) is 54.4 Å². The van der Waals surface area contributed by atoms with Gasteiger partial charge in [-0.15, -0.1) is 0 Å². The smallest absolute Gasteiger partial charge is 0.303 e. The first-order chi connectivity index (χ1) is 15.4. The van der Waals surface area contributed by atoms with Crippen LogP contribution in [0.15, 0.2) is 60.7 Å². The molecule has 8 heteroatoms. The van der Waals surface area contributed by atoms with E-state index in [1.54, 1.807) is 0 Å². The number of ether oxygens (including phenoxy) is 5. The second kappa shape index (κ2) is 11.7. The van der Waals surface area contributed by atoms with Crippen molar-refractivity contribution in [1.29, 1.82) is 0 Å². The zero-order chi connectivity index (χ0) is 22.9. The molecule has 1 heterocycles. The van der Waals surface area contributed by atoms with E-state index in [1.165, 1.54) is 13.8 Å². The normalized spacial score (nSPS) is 25.2. The summed E-state index contributed by atoms with van der Waals surface area (Å²) in [6, 6.07) is 18.9. The van der Waals surface area contributed by atoms with Crippen molar-refractivity contribution in [3.63, 3.8) is 0 Å². The van der Waals surface area contributed by atoms with Gasteiger partial charge in [0.15, 0.2) is 12.4 Å². The van der Waals surface area contributed by atoms with E-state index in [1.807, 2.05) is 60.7 Å². The van der Waals surface area contributed by atoms with Gasteiger partial charge in [-0.3, -0.25) is 9.59 Å². The summed E-state index contributed by atoms with van der Waals surface area (Å²) in [4.78, 5) is 23.1. The fourth-order valence-corrected chi connectivity index (χ4v) is 3.46. The molecule has 2 aromatic carbocycles. The summed E-state index contributed by atoms with van der Waals surface area (Å²) in [6.45, 7) is 2.71. The Balaban J connectivity index is 1.82. The topological polar surface area (TPSA) is 101 Å². The molecule has 1 aliphatic rings. The molecule has 32 heavy (non-hydrogen) atoms. The van der Waals surface area contributed by atoms with Gasteiger partial charge in [0.1, 0.15) is 24.9 Å². The minimum absolute atomic E-state index is 0.193. The summed E-state index contributed by atoms with van der Waals surface area (Å²) in [5.74, 6) is -1.08. The van der Waals surface area contributed by atoms with Crippen molar-refractivity contribution in [1.82, 2.24) is 0 Å². The van der Waals surface area contributed by atoms with Crippen molar-refractivity contribution in [3.8, 4) is 0 Å². The van der Waals surface area contributed by atoms with Crippen LogP contribution in [0.5, 0.6) is 0 Å². The largest absolute Gasteiger partial charge is 0.463 e. The van der Waals surface area contributed by atoms with E-state index in [2.05, 4.69) is 0 Å². The average molecular weight is 444 g/mol. The second-order valence-corrected chi connectivity index (χ2v) is 7.46. The number of benzene rings is 2. The fourth-order valence-electron chi connectivity index (χ4n) is 3.46. The van der Waals surface area contributed by atoms with Gasteiger partial charge in [-0.1, -0.05) is 60.7 Å². The van der Waals surface area contributed by atoms with Crippen LogP contribution in [0.4, 0.5) is 0 Å². The van der Waals surface area contributed by atoms with Gasteiger partial charge in [-0.05, 0) is 11.1 Å². The summed E-state index contributed by atoms with van der Waals surface area (Å²) in [5.41, 5.74) is 1.79. The molecule has 0 radical (unpaired) electrons. The molecular weight excluding hydrogens is 416 g/mol. The Morgan fingerprint density at radius 1 is 0.812 bits per heavy atom. The van der Waals surface area contributed by atoms with Crippen LogP contribution >= 0.6 is 0 Å². The molecule has 1 aliphatic heterocycles. The van der Waals surface area contributed by atoms with Gasteiger partial charge in [0.2, 0.25) is 0 Å². The molecule has 1 unspecified atom stereocenters. The first kappa shape index (κ1) is 23.9. The maximum absolute atomic E-state index is 11.8. The molecule has 0 aromatic heterocycles. The number of hydrogen-bond acceptors (Lipinski definition) is 8. The molecule has 0 saturated carbocycles. The Hall–Kier alpha value is -2.78. The highest BCUT2D eigenvalue weighted by molar-refractivity contribution is 5.66. The van der Waals surface area contributed by atoms with Gasteiger partial charge in [-0.2, -0.15) is 0 Å². The van der Waals surface area contributed by atoms with Crippen LogP contribution in [0.3, 0.4) is 0 Å². The number of aliphatic hydroxyl groups excluding tert-OH is 1. The number of carbonyl (C=O) groups is 2. The summed E-state index contributed by atoms with van der Waals surface area (Å²) in [5, 5.41) is 10.7. The third-order valence-electron chi connectivity index (χ3n) is 4.93. The third-order valence-corrected chi connectivity index (χ3v) is 4.93. The zero-order valence-corrected chi connectivity index (χ0v) is 18.1. The van der Waals surface area contributed by atoms with Crippen molar-refractivity contribution >= 4 is 11.9 Å². The van der Waals surface area contributed by atoms with E-state index in [4.69, 9.17) is 23.7 Å². The molecule has 0 bridgehead atoms. The van der Waals surface area contributed by atoms with Gasteiger partial charge < -0.3 is 28.8 Å². The first-order valence-corrected chi connectivity index (χ1v) is 10.4. The fraction of sp³-hybridized carbons (Fsp3) is 0.417. The summed E-state index contributed by atoms with van der Waals surface area (Å²) in [6.07, 6.45) is -5.08. The molecule has 172 valence electrons. The van der Waals surface area contributed by atoms with Crippen molar-refractivity contribution in [2.45, 2.75) is 57.8 Å². The van der Waals surface area contributed by atoms with Gasteiger partial charge in [0.05, 0.1) is 13.2 Å². The quantitative estimate of drug-likeness (QED) is 0.589. The van der Waals surface area contributed by atoms with Crippen molar-refractivity contribution < 1.29 is 38.4 Å². The van der Waals surface area contributed by atoms with Gasteiger partial charge in [0, 0.05) is 13.8 Å². The van der Waals surface area contributed by atoms with Crippen LogP contribution in [-0.2, 0) is 46.5 Å². The highest BCUT2D eigenvalue weighted by Gasteiger charge is 2.49. The lowest BCUT2D eigenvalue weighted by Gasteiger charge is -2.43. The second-order valence-electron chi connectivity index (χ2n) is 7.46. The maximum atomic E-state index is 11.8. The van der Waals surface area contributed by atoms with Gasteiger partial charge >= 0.3 is 11.9 Å². The van der Waals surface area contributed by atoms with Crippen molar-refractivity contribution in [3.05, 3.63) is 71.8 Å². The standard InChI is InChI=1S/C24H28O8/c1-16(25)28-15-20-21(31-17(2)26)22(29-13-18-9-5-3-6-10-18)23(24(27)32-20)30-14-19-11-7-4-8-12-19/h3-12,20-24,27H,13-15H2,1-2H3/t20-,21-,22-,23+,24?/m1/s1. The molecule has 1 fully saturated rings. The van der Waals surface area contributed by atoms with Crippen molar-refractivity contribution in [2.24, 2.45) is 0 Å². The number of hydrogen-bond donors (Lipinski definition) is 1. The molecular formula is C24H28O8. The minimum atomic E-state index is -1.38. The van der Waals surface area contributed by atoms with Gasteiger partial charge in [0.25, 0.3) is 0 Å². The van der Waals surface area contributed by atoms with Crippen LogP contribution in [0.25, 0.3) is 0 Å². The van der Waals surface area contributed by atoms with E-state index in [-0.39, 0.29) is 19.8 Å². The predicted octanol–water partition coefficient (Wildman–Crippen LogP) is 2.37. The number of carbonyl (C=O) groups excluding carboxylic acids is 2. The highest BCUT2D eigenvalue weighted by Crippen LogP contribution is 2.29. The van der Waals surface area contributed by atoms with E-state index < -0.39 is 42.6 Å². The highest BCUT2D eigenvalue weighted by atomic mass is 16.7. The molecule has 0 aliphatic carbocycles. The average Bonchev–Trinajstić information content (AvgIpc) is 2.78. The van der Waals surface area contributed by atoms with Crippen LogP contribution < -0.4 is 0 Å². The molecule has 5 atom stereocenters. The van der Waals surface area contributed by atoms with E-state index in [9.17, 15) is 14.7 Å². The Morgan fingerprint density at radius 2 is 1.34 bits per heavy atom. The van der Waals surface area contributed by atoms with Gasteiger partial charge in [-0.25, -0.2) is 0 Å². The van der Waals surface area contributed by atoms with E-state index in [0.717, 1.165) is 11.1 Å². The number of esters is 2. The summed E-state index contributed by atoms with van der Waals surface area (Å²) in [7, 11) is 0. The molecule has 1 saturated heterocycles. The lowest BCUT2D eigenvalue weighted by Crippen LogP contribution is -2.61. The molecule has 2 aromatic rings. The van der Waals surface area contributed by atoms with Crippen LogP contribution in [0, 0.1) is 0 Å². The Bertz CT molecular complexity index is 857. The van der Waals surface area contributed by atoms with Crippen LogP contribution in [0.2, 0.25) is 0 Å². The maximum Gasteiger partial charge on any atom is 0.303 e. The molecule has 0 spiro atoms. The predicted molar refractivity (Wildman–Crippen MR) is 113 cm³/mol. The monoisotopic (exact) mass is 444 g/mol. The molecule has 3 rings (SSSR count). The Labute approximate surface area is 187 Å². The van der Waals surface area contributed by atoms with Crippen LogP contribution in [0.1, 0.15) is 25.0 Å². The molecule has 1 N–H and O–H groups in total. The number of rotatable bonds is 9. The SMILES string of the molecule is CC(=O)OC[C@H]1OC(O)[C@@H](OCc2ccccc2)[C@H](OCc2ccccc2)[C@@H]1OC(C)=O. The lowest BCUT2D eigenvalue weighted by molar-refractivity contribution is -0.309. The zero-order valence-electron chi connectivity index (χ0n) is 18.1. The molecule has 0 amide bonds. The molecule has 8 nitrogen and oxygen atoms in total. The Kier molecular flexibility index (Phi) is 8.75. The Morgan fingerprint density at radius 3 is 1.84 bits per heavy atom.